The van der Waals surface area contributed by atoms with Crippen LogP contribution in [0, 0.1) is 5.92 Å². The van der Waals surface area contributed by atoms with Crippen molar-refractivity contribution >= 4 is 16.9 Å². The van der Waals surface area contributed by atoms with Crippen LogP contribution in [0.25, 0.3) is 10.9 Å². The SMILES string of the molecule is NC[C@H](OC(=O)C1(NCc2cccc(OCc3cccc(OCCCCNC[C@H](O)c4ccc(O)c5[nH]c(=O)ccc45)c3)c2)CCc2ccccc21)C1CCCCC1. The highest BCUT2D eigenvalue weighted by atomic mass is 16.5. The summed E-state index contributed by atoms with van der Waals surface area (Å²) >= 11 is 0. The number of fused-ring (bicyclic) bond motifs is 2. The van der Waals surface area contributed by atoms with Gasteiger partial charge in [-0.15, -0.1) is 0 Å². The number of nitrogens with two attached hydrogens (primary N) is 1. The van der Waals surface area contributed by atoms with Crippen LogP contribution in [0.1, 0.15) is 85.3 Å². The van der Waals surface area contributed by atoms with E-state index in [1.54, 1.807) is 12.1 Å². The first-order valence-corrected chi connectivity index (χ1v) is 20.7. The number of ether oxygens (including phenoxy) is 3. The molecular formula is C47H56N4O7. The molecule has 306 valence electrons. The number of nitrogens with one attached hydrogen (secondary N) is 3. The Bertz CT molecular complexity index is 2200. The highest BCUT2D eigenvalue weighted by molar-refractivity contribution is 5.87. The number of esters is 1. The normalized spacial score (nSPS) is 17.8. The lowest BCUT2D eigenvalue weighted by Crippen LogP contribution is -2.50. The maximum Gasteiger partial charge on any atom is 0.331 e. The number of benzene rings is 4. The van der Waals surface area contributed by atoms with Gasteiger partial charge in [-0.2, -0.15) is 0 Å². The second-order valence-corrected chi connectivity index (χ2v) is 15.6. The van der Waals surface area contributed by atoms with Gasteiger partial charge >= 0.3 is 5.97 Å². The van der Waals surface area contributed by atoms with Gasteiger partial charge in [-0.1, -0.05) is 73.9 Å². The summed E-state index contributed by atoms with van der Waals surface area (Å²) in [5.74, 6) is 1.56. The first-order valence-electron chi connectivity index (χ1n) is 20.7. The molecule has 1 aromatic heterocycles. The van der Waals surface area contributed by atoms with Gasteiger partial charge in [0.15, 0.2) is 0 Å². The molecule has 7 N–H and O–H groups in total. The van der Waals surface area contributed by atoms with Crippen LogP contribution in [0.2, 0.25) is 0 Å². The van der Waals surface area contributed by atoms with E-state index in [9.17, 15) is 19.8 Å². The minimum absolute atomic E-state index is 0.0311. The summed E-state index contributed by atoms with van der Waals surface area (Å²) in [4.78, 5) is 28.5. The lowest BCUT2D eigenvalue weighted by atomic mass is 9.85. The second-order valence-electron chi connectivity index (χ2n) is 15.6. The number of pyridine rings is 1. The predicted octanol–water partition coefficient (Wildman–Crippen LogP) is 6.68. The summed E-state index contributed by atoms with van der Waals surface area (Å²) in [6.07, 6.45) is 7.70. The van der Waals surface area contributed by atoms with Crippen LogP contribution in [0.5, 0.6) is 17.2 Å². The molecule has 58 heavy (non-hydrogen) atoms. The summed E-state index contributed by atoms with van der Waals surface area (Å²) in [7, 11) is 0. The monoisotopic (exact) mass is 788 g/mol. The fraction of sp³-hybridized carbons (Fsp3) is 0.404. The molecule has 7 rings (SSSR count). The van der Waals surface area contributed by atoms with Gasteiger partial charge in [-0.3, -0.25) is 10.1 Å². The van der Waals surface area contributed by atoms with Crippen LogP contribution < -0.4 is 31.4 Å². The maximum absolute atomic E-state index is 14.2. The van der Waals surface area contributed by atoms with Gasteiger partial charge in [0, 0.05) is 31.1 Å². The van der Waals surface area contributed by atoms with Gasteiger partial charge in [0.1, 0.15) is 35.5 Å². The zero-order valence-electron chi connectivity index (χ0n) is 33.1. The lowest BCUT2D eigenvalue weighted by Gasteiger charge is -2.35. The van der Waals surface area contributed by atoms with Crippen molar-refractivity contribution in [3.63, 3.8) is 0 Å². The molecule has 0 saturated heterocycles. The smallest absolute Gasteiger partial charge is 0.331 e. The van der Waals surface area contributed by atoms with Gasteiger partial charge in [0.2, 0.25) is 5.56 Å². The molecule has 0 aliphatic heterocycles. The zero-order chi connectivity index (χ0) is 40.3. The molecule has 1 unspecified atom stereocenters. The average molecular weight is 789 g/mol. The minimum Gasteiger partial charge on any atom is -0.506 e. The van der Waals surface area contributed by atoms with E-state index in [0.717, 1.165) is 73.1 Å². The molecule has 1 heterocycles. The summed E-state index contributed by atoms with van der Waals surface area (Å²) in [5.41, 5.74) is 10.0. The highest BCUT2D eigenvalue weighted by Crippen LogP contribution is 2.40. The first-order chi connectivity index (χ1) is 28.3. The lowest BCUT2D eigenvalue weighted by molar-refractivity contribution is -0.161. The van der Waals surface area contributed by atoms with E-state index >= 15 is 0 Å². The Morgan fingerprint density at radius 3 is 2.50 bits per heavy atom. The van der Waals surface area contributed by atoms with Gasteiger partial charge in [-0.25, -0.2) is 4.79 Å². The van der Waals surface area contributed by atoms with Crippen molar-refractivity contribution in [3.05, 3.63) is 135 Å². The Morgan fingerprint density at radius 1 is 0.897 bits per heavy atom. The number of aromatic nitrogens is 1. The molecule has 0 spiro atoms. The number of carbonyl (C=O) groups is 1. The molecule has 1 saturated carbocycles. The van der Waals surface area contributed by atoms with Crippen LogP contribution in [0.3, 0.4) is 0 Å². The summed E-state index contributed by atoms with van der Waals surface area (Å²) < 4.78 is 18.6. The number of H-pyrrole nitrogens is 1. The van der Waals surface area contributed by atoms with Crippen molar-refractivity contribution in [1.82, 2.24) is 15.6 Å². The number of unbranched alkanes of at least 4 members (excludes halogenated alkanes) is 1. The fourth-order valence-corrected chi connectivity index (χ4v) is 8.49. The Hall–Kier alpha value is -5.20. The van der Waals surface area contributed by atoms with Crippen molar-refractivity contribution in [2.24, 2.45) is 11.7 Å². The molecule has 5 aromatic rings. The number of aryl methyl sites for hydroxylation is 1. The quantitative estimate of drug-likeness (QED) is 0.0393. The topological polar surface area (TPSA) is 168 Å². The van der Waals surface area contributed by atoms with E-state index in [2.05, 4.69) is 21.7 Å². The third-order valence-corrected chi connectivity index (χ3v) is 11.7. The van der Waals surface area contributed by atoms with Gasteiger partial charge < -0.3 is 40.5 Å². The molecule has 1 fully saturated rings. The minimum atomic E-state index is -0.941. The Morgan fingerprint density at radius 2 is 1.67 bits per heavy atom. The average Bonchev–Trinajstić information content (AvgIpc) is 3.64. The highest BCUT2D eigenvalue weighted by Gasteiger charge is 2.47. The Kier molecular flexibility index (Phi) is 13.8. The van der Waals surface area contributed by atoms with Crippen molar-refractivity contribution in [2.75, 3.05) is 26.2 Å². The number of rotatable bonds is 19. The van der Waals surface area contributed by atoms with Crippen LogP contribution in [-0.2, 0) is 34.6 Å². The summed E-state index contributed by atoms with van der Waals surface area (Å²) in [6.45, 7) is 2.76. The molecule has 0 radical (unpaired) electrons. The molecular weight excluding hydrogens is 733 g/mol. The van der Waals surface area contributed by atoms with Crippen molar-refractivity contribution in [1.29, 1.82) is 0 Å². The van der Waals surface area contributed by atoms with Crippen molar-refractivity contribution < 1.29 is 29.2 Å². The van der Waals surface area contributed by atoms with Gasteiger partial charge in [-0.05, 0) is 115 Å². The molecule has 3 atom stereocenters. The predicted molar refractivity (Wildman–Crippen MR) is 225 cm³/mol. The molecule has 11 heteroatoms. The fourth-order valence-electron chi connectivity index (χ4n) is 8.49. The Labute approximate surface area is 339 Å². The van der Waals surface area contributed by atoms with E-state index < -0.39 is 11.6 Å². The Balaban J connectivity index is 0.870. The number of aromatic amines is 1. The molecule has 2 aliphatic carbocycles. The number of aliphatic hydroxyl groups is 1. The maximum atomic E-state index is 14.2. The standard InChI is InChI=1S/C47H56N4O7/c48-28-43(35-13-2-1-3-14-35)58-46(55)47(23-22-34-12-4-5-17-40(34)47)50-29-32-10-8-16-37(26-32)57-31-33-11-9-15-36(27-33)56-25-7-6-24-49-30-42(53)38-18-20-41(52)45-39(38)19-21-44(54)51-45/h4-5,8-12,15-21,26-27,35,42-43,49-50,52-53H,1-3,6-7,13-14,22-25,28-31,48H2,(H,51,54)/t42-,43-,47?/m0/s1. The number of aromatic hydroxyl groups is 1. The van der Waals surface area contributed by atoms with Gasteiger partial charge in [0.05, 0.1) is 18.2 Å². The molecule has 11 nitrogen and oxygen atoms in total. The number of hydrogen-bond acceptors (Lipinski definition) is 10. The third kappa shape index (κ3) is 9.90. The summed E-state index contributed by atoms with van der Waals surface area (Å²) in [6, 6.07) is 30.2. The van der Waals surface area contributed by atoms with E-state index in [4.69, 9.17) is 19.9 Å². The number of phenolic OH excluding ortho intramolecular Hbond substituents is 1. The van der Waals surface area contributed by atoms with E-state index in [1.807, 2.05) is 66.7 Å². The third-order valence-electron chi connectivity index (χ3n) is 11.7. The van der Waals surface area contributed by atoms with Crippen LogP contribution in [-0.4, -0.2) is 53.5 Å². The number of carbonyl (C=O) groups excluding carboxylic acids is 1. The molecule has 4 aromatic carbocycles. The zero-order valence-corrected chi connectivity index (χ0v) is 33.1. The largest absolute Gasteiger partial charge is 0.506 e. The number of hydrogen-bond donors (Lipinski definition) is 6. The van der Waals surface area contributed by atoms with Crippen LogP contribution in [0.4, 0.5) is 0 Å². The number of phenols is 1. The van der Waals surface area contributed by atoms with E-state index in [0.29, 0.717) is 68.2 Å². The summed E-state index contributed by atoms with van der Waals surface area (Å²) in [5, 5.41) is 28.4. The van der Waals surface area contributed by atoms with Crippen molar-refractivity contribution in [3.8, 4) is 17.2 Å². The van der Waals surface area contributed by atoms with E-state index in [1.165, 1.54) is 24.1 Å². The van der Waals surface area contributed by atoms with E-state index in [-0.39, 0.29) is 23.4 Å². The number of aliphatic hydroxyl groups excluding tert-OH is 1. The van der Waals surface area contributed by atoms with Crippen molar-refractivity contribution in [2.45, 2.75) is 88.7 Å². The molecule has 0 amide bonds. The second kappa shape index (κ2) is 19.5. The molecule has 0 bridgehead atoms. The van der Waals surface area contributed by atoms with Crippen LogP contribution in [0.15, 0.2) is 102 Å². The van der Waals surface area contributed by atoms with Gasteiger partial charge in [0.25, 0.3) is 0 Å². The molecule has 2 aliphatic rings. The van der Waals surface area contributed by atoms with Crippen LogP contribution >= 0.6 is 0 Å². The first kappa shape index (κ1) is 41.0.